The summed E-state index contributed by atoms with van der Waals surface area (Å²) < 4.78 is 15.5. The zero-order chi connectivity index (χ0) is 23.2. The van der Waals surface area contributed by atoms with Crippen LogP contribution in [0.15, 0.2) is 30.3 Å². The summed E-state index contributed by atoms with van der Waals surface area (Å²) in [6.07, 6.45) is 0.279. The average molecular weight is 466 g/mol. The van der Waals surface area contributed by atoms with E-state index in [-0.39, 0.29) is 33.0 Å². The van der Waals surface area contributed by atoms with E-state index in [1.807, 2.05) is 20.8 Å². The lowest BCUT2D eigenvalue weighted by Gasteiger charge is -2.24. The number of nitrogens with zero attached hydrogens (tertiary/aromatic N) is 1. The Morgan fingerprint density at radius 1 is 1.13 bits per heavy atom. The third-order valence-electron chi connectivity index (χ3n) is 5.15. The number of hydrogen-bond donors (Lipinski definition) is 2. The fourth-order valence-electron chi connectivity index (χ4n) is 3.83. The molecule has 0 saturated heterocycles. The van der Waals surface area contributed by atoms with Crippen molar-refractivity contribution in [2.24, 2.45) is 5.41 Å². The van der Waals surface area contributed by atoms with Crippen molar-refractivity contribution in [2.45, 2.75) is 40.0 Å². The quantitative estimate of drug-likeness (QED) is 0.467. The molecular formula is C23H22Cl2FNO4. The van der Waals surface area contributed by atoms with Gasteiger partial charge in [0.15, 0.2) is 11.6 Å². The highest BCUT2D eigenvalue weighted by molar-refractivity contribution is 6.42. The highest BCUT2D eigenvalue weighted by Crippen LogP contribution is 2.40. The molecule has 0 aliphatic rings. The van der Waals surface area contributed by atoms with Crippen LogP contribution in [0, 0.1) is 18.2 Å². The minimum Gasteiger partial charge on any atom is -0.505 e. The predicted octanol–water partition coefficient (Wildman–Crippen LogP) is 6.39. The maximum atomic E-state index is 14.3. The van der Waals surface area contributed by atoms with E-state index in [2.05, 4.69) is 0 Å². The minimum atomic E-state index is -1.07. The van der Waals surface area contributed by atoms with Crippen LogP contribution in [0.2, 0.25) is 10.0 Å². The van der Waals surface area contributed by atoms with Gasteiger partial charge in [-0.25, -0.2) is 4.39 Å². The highest BCUT2D eigenvalue weighted by Gasteiger charge is 2.33. The van der Waals surface area contributed by atoms with Gasteiger partial charge in [-0.05, 0) is 48.6 Å². The molecule has 5 nitrogen and oxygen atoms in total. The van der Waals surface area contributed by atoms with Crippen molar-refractivity contribution in [3.63, 3.8) is 0 Å². The van der Waals surface area contributed by atoms with E-state index in [9.17, 15) is 24.2 Å². The van der Waals surface area contributed by atoms with Gasteiger partial charge in [-0.3, -0.25) is 14.2 Å². The van der Waals surface area contributed by atoms with Gasteiger partial charge in [0.1, 0.15) is 0 Å². The number of aliphatic carboxylic acids is 1. The number of phenols is 1. The molecule has 3 rings (SSSR count). The van der Waals surface area contributed by atoms with Crippen LogP contribution in [0.5, 0.6) is 5.75 Å². The predicted molar refractivity (Wildman–Crippen MR) is 119 cm³/mol. The summed E-state index contributed by atoms with van der Waals surface area (Å²) in [7, 11) is 0. The Kier molecular flexibility index (Phi) is 6.09. The number of benzene rings is 2. The number of carbonyl (C=O) groups excluding carboxylic acids is 1. The van der Waals surface area contributed by atoms with Crippen LogP contribution in [0.25, 0.3) is 10.9 Å². The standard InChI is InChI=1S/C23H22Cl2FNO4/c1-11-20(14(22(30)31)10-23(2,3)4)13-8-19(28)17(26)9-18(13)27(11)21(29)12-5-6-15(24)16(25)7-12/h5-9,14,28H,10H2,1-4H3,(H,30,31). The second-order valence-electron chi connectivity index (χ2n) is 8.74. The summed E-state index contributed by atoms with van der Waals surface area (Å²) in [5.74, 6) is -4.08. The van der Waals surface area contributed by atoms with Gasteiger partial charge >= 0.3 is 5.97 Å². The number of rotatable bonds is 4. The summed E-state index contributed by atoms with van der Waals surface area (Å²) in [6.45, 7) is 7.35. The first kappa shape index (κ1) is 23.1. The minimum absolute atomic E-state index is 0.166. The van der Waals surface area contributed by atoms with Crippen LogP contribution in [0.3, 0.4) is 0 Å². The van der Waals surface area contributed by atoms with E-state index >= 15 is 0 Å². The Hall–Kier alpha value is -2.57. The number of carboxylic acid groups (broad SMARTS) is 1. The number of halogens is 3. The maximum absolute atomic E-state index is 14.3. The summed E-state index contributed by atoms with van der Waals surface area (Å²) in [6, 6.07) is 6.57. The normalized spacial score (nSPS) is 12.9. The van der Waals surface area contributed by atoms with Gasteiger partial charge in [0.25, 0.3) is 5.91 Å². The second kappa shape index (κ2) is 8.17. The molecule has 0 amide bonds. The van der Waals surface area contributed by atoms with Gasteiger partial charge in [0, 0.05) is 22.7 Å². The van der Waals surface area contributed by atoms with Crippen molar-refractivity contribution in [3.05, 3.63) is 63.0 Å². The smallest absolute Gasteiger partial charge is 0.311 e. The van der Waals surface area contributed by atoms with Crippen molar-refractivity contribution in [2.75, 3.05) is 0 Å². The van der Waals surface area contributed by atoms with Gasteiger partial charge < -0.3 is 10.2 Å². The fraction of sp³-hybridized carbons (Fsp3) is 0.304. The Labute approximate surface area is 189 Å². The number of aromatic hydroxyl groups is 1. The molecule has 0 fully saturated rings. The molecule has 0 saturated carbocycles. The monoisotopic (exact) mass is 465 g/mol. The molecule has 8 heteroatoms. The number of phenolic OH excluding ortho intramolecular Hbond substituents is 1. The molecule has 2 N–H and O–H groups in total. The molecule has 0 bridgehead atoms. The van der Waals surface area contributed by atoms with Crippen molar-refractivity contribution in [3.8, 4) is 5.75 Å². The van der Waals surface area contributed by atoms with E-state index in [4.69, 9.17) is 23.2 Å². The maximum Gasteiger partial charge on any atom is 0.311 e. The molecule has 164 valence electrons. The molecule has 0 aliphatic heterocycles. The molecule has 1 unspecified atom stereocenters. The van der Waals surface area contributed by atoms with Crippen LogP contribution in [0.4, 0.5) is 4.39 Å². The average Bonchev–Trinajstić information content (AvgIpc) is 2.92. The Bertz CT molecular complexity index is 1210. The lowest BCUT2D eigenvalue weighted by molar-refractivity contribution is -0.139. The number of carbonyl (C=O) groups is 2. The molecule has 1 heterocycles. The van der Waals surface area contributed by atoms with Crippen molar-refractivity contribution in [1.82, 2.24) is 4.57 Å². The zero-order valence-electron chi connectivity index (χ0n) is 17.5. The third-order valence-corrected chi connectivity index (χ3v) is 5.89. The lowest BCUT2D eigenvalue weighted by Crippen LogP contribution is -2.20. The summed E-state index contributed by atoms with van der Waals surface area (Å²) in [4.78, 5) is 25.6. The van der Waals surface area contributed by atoms with Gasteiger partial charge in [0.2, 0.25) is 0 Å². The van der Waals surface area contributed by atoms with Gasteiger partial charge in [-0.2, -0.15) is 0 Å². The number of hydrogen-bond acceptors (Lipinski definition) is 3. The van der Waals surface area contributed by atoms with Crippen LogP contribution in [-0.4, -0.2) is 26.7 Å². The summed E-state index contributed by atoms with van der Waals surface area (Å²) in [5.41, 5.74) is 0.754. The first-order valence-electron chi connectivity index (χ1n) is 9.58. The second-order valence-corrected chi connectivity index (χ2v) is 9.56. The molecule has 0 aliphatic carbocycles. The Morgan fingerprint density at radius 2 is 1.77 bits per heavy atom. The largest absolute Gasteiger partial charge is 0.505 e. The van der Waals surface area contributed by atoms with Crippen molar-refractivity contribution in [1.29, 1.82) is 0 Å². The topological polar surface area (TPSA) is 79.5 Å². The summed E-state index contributed by atoms with van der Waals surface area (Å²) >= 11 is 12.0. The number of aromatic nitrogens is 1. The van der Waals surface area contributed by atoms with E-state index < -0.39 is 29.4 Å². The molecule has 1 atom stereocenters. The van der Waals surface area contributed by atoms with E-state index in [1.54, 1.807) is 6.92 Å². The van der Waals surface area contributed by atoms with E-state index in [0.29, 0.717) is 16.6 Å². The molecule has 2 aromatic carbocycles. The molecular weight excluding hydrogens is 444 g/mol. The van der Waals surface area contributed by atoms with Gasteiger partial charge in [-0.15, -0.1) is 0 Å². The van der Waals surface area contributed by atoms with Crippen LogP contribution in [0.1, 0.15) is 54.7 Å². The number of carboxylic acids is 1. The Balaban J connectivity index is 2.33. The highest BCUT2D eigenvalue weighted by atomic mass is 35.5. The van der Waals surface area contributed by atoms with Crippen LogP contribution in [-0.2, 0) is 4.79 Å². The zero-order valence-corrected chi connectivity index (χ0v) is 19.0. The number of fused-ring (bicyclic) bond motifs is 1. The van der Waals surface area contributed by atoms with Crippen molar-refractivity contribution < 1.29 is 24.2 Å². The van der Waals surface area contributed by atoms with Crippen LogP contribution < -0.4 is 0 Å². The van der Waals surface area contributed by atoms with E-state index in [1.165, 1.54) is 28.8 Å². The van der Waals surface area contributed by atoms with Gasteiger partial charge in [-0.1, -0.05) is 44.0 Å². The molecule has 1 aromatic heterocycles. The Morgan fingerprint density at radius 3 is 2.32 bits per heavy atom. The van der Waals surface area contributed by atoms with E-state index in [0.717, 1.165) is 6.07 Å². The first-order chi connectivity index (χ1) is 14.3. The fourth-order valence-corrected chi connectivity index (χ4v) is 4.13. The SMILES string of the molecule is Cc1c(C(CC(C)(C)C)C(=O)O)c2cc(O)c(F)cc2n1C(=O)c1ccc(Cl)c(Cl)c1. The molecule has 0 spiro atoms. The van der Waals surface area contributed by atoms with Gasteiger partial charge in [0.05, 0.1) is 21.5 Å². The molecule has 31 heavy (non-hydrogen) atoms. The lowest BCUT2D eigenvalue weighted by atomic mass is 9.80. The third kappa shape index (κ3) is 4.41. The molecule has 3 aromatic rings. The molecule has 0 radical (unpaired) electrons. The summed E-state index contributed by atoms with van der Waals surface area (Å²) in [5, 5.41) is 20.7. The first-order valence-corrected chi connectivity index (χ1v) is 10.3. The van der Waals surface area contributed by atoms with Crippen LogP contribution >= 0.6 is 23.2 Å². The van der Waals surface area contributed by atoms with Crippen molar-refractivity contribution >= 4 is 46.0 Å².